The van der Waals surface area contributed by atoms with Crippen LogP contribution in [-0.2, 0) is 22.4 Å². The van der Waals surface area contributed by atoms with Gasteiger partial charge in [-0.05, 0) is 36.5 Å². The Morgan fingerprint density at radius 3 is 2.28 bits per heavy atom. The fraction of sp³-hybridized carbons (Fsp3) is 0.200. The quantitative estimate of drug-likeness (QED) is 0.384. The lowest BCUT2D eigenvalue weighted by atomic mass is 10.0. The average molecular weight is 388 g/mol. The van der Waals surface area contributed by atoms with E-state index in [1.165, 1.54) is 12.7 Å². The maximum Gasteiger partial charge on any atom is 0.351 e. The van der Waals surface area contributed by atoms with Gasteiger partial charge >= 0.3 is 5.97 Å². The smallest absolute Gasteiger partial charge is 0.351 e. The van der Waals surface area contributed by atoms with Crippen molar-refractivity contribution in [3.8, 4) is 5.75 Å². The zero-order valence-corrected chi connectivity index (χ0v) is 16.4. The van der Waals surface area contributed by atoms with E-state index >= 15 is 0 Å². The molecule has 0 heterocycles. The molecular formula is C25H24O4. The first-order valence-electron chi connectivity index (χ1n) is 9.62. The lowest BCUT2D eigenvalue weighted by Gasteiger charge is -2.20. The Hall–Kier alpha value is -3.40. The van der Waals surface area contributed by atoms with Gasteiger partial charge in [-0.15, -0.1) is 0 Å². The molecule has 1 atom stereocenters. The number of methoxy groups -OCH3 is 1. The van der Waals surface area contributed by atoms with Gasteiger partial charge in [-0.25, -0.2) is 4.79 Å². The van der Waals surface area contributed by atoms with Crippen molar-refractivity contribution in [3.05, 3.63) is 101 Å². The van der Waals surface area contributed by atoms with Gasteiger partial charge < -0.3 is 9.47 Å². The van der Waals surface area contributed by atoms with Crippen LogP contribution in [0.4, 0.5) is 0 Å². The molecule has 3 rings (SSSR count). The van der Waals surface area contributed by atoms with Crippen molar-refractivity contribution in [2.45, 2.75) is 25.4 Å². The van der Waals surface area contributed by atoms with Crippen LogP contribution >= 0.6 is 0 Å². The second kappa shape index (κ2) is 10.2. The van der Waals surface area contributed by atoms with Crippen LogP contribution < -0.4 is 4.74 Å². The van der Waals surface area contributed by atoms with E-state index in [2.05, 4.69) is 12.1 Å². The predicted molar refractivity (Wildman–Crippen MR) is 112 cm³/mol. The van der Waals surface area contributed by atoms with Crippen LogP contribution in [0.25, 0.3) is 0 Å². The summed E-state index contributed by atoms with van der Waals surface area (Å²) in [7, 11) is 1.34. The summed E-state index contributed by atoms with van der Waals surface area (Å²) in [5, 5.41) is 0. The van der Waals surface area contributed by atoms with E-state index in [0.717, 1.165) is 31.1 Å². The van der Waals surface area contributed by atoms with E-state index < -0.39 is 12.1 Å². The van der Waals surface area contributed by atoms with E-state index in [1.807, 2.05) is 54.6 Å². The summed E-state index contributed by atoms with van der Waals surface area (Å²) in [4.78, 5) is 23.6. The van der Waals surface area contributed by atoms with Gasteiger partial charge in [0.15, 0.2) is 0 Å². The molecule has 0 aromatic heterocycles. The van der Waals surface area contributed by atoms with Gasteiger partial charge in [0, 0.05) is 11.1 Å². The third kappa shape index (κ3) is 5.55. The highest BCUT2D eigenvalue weighted by Crippen LogP contribution is 2.28. The molecule has 0 spiro atoms. The highest BCUT2D eigenvalue weighted by Gasteiger charge is 2.24. The lowest BCUT2D eigenvalue weighted by molar-refractivity contribution is -0.149. The van der Waals surface area contributed by atoms with E-state index in [1.54, 1.807) is 12.1 Å². The molecule has 0 saturated carbocycles. The SMILES string of the molecule is COC(=O)C(Oc1cc(C=O)ccc1CCCc1ccccc1)c1ccccc1. The van der Waals surface area contributed by atoms with Crippen LogP contribution in [0.5, 0.6) is 5.75 Å². The molecule has 0 aliphatic carbocycles. The topological polar surface area (TPSA) is 52.6 Å². The molecule has 0 bridgehead atoms. The molecule has 148 valence electrons. The highest BCUT2D eigenvalue weighted by atomic mass is 16.6. The molecule has 3 aromatic carbocycles. The van der Waals surface area contributed by atoms with Gasteiger partial charge in [-0.1, -0.05) is 72.8 Å². The summed E-state index contributed by atoms with van der Waals surface area (Å²) in [5.41, 5.74) is 3.43. The van der Waals surface area contributed by atoms with Crippen molar-refractivity contribution in [3.63, 3.8) is 0 Å². The van der Waals surface area contributed by atoms with Gasteiger partial charge in [-0.2, -0.15) is 0 Å². The number of esters is 1. The van der Waals surface area contributed by atoms with Crippen LogP contribution in [0, 0.1) is 0 Å². The largest absolute Gasteiger partial charge is 0.474 e. The Kier molecular flexibility index (Phi) is 7.17. The number of aldehydes is 1. The number of rotatable bonds is 9. The van der Waals surface area contributed by atoms with Gasteiger partial charge in [0.25, 0.3) is 0 Å². The van der Waals surface area contributed by atoms with E-state index in [-0.39, 0.29) is 0 Å². The molecule has 3 aromatic rings. The van der Waals surface area contributed by atoms with E-state index in [4.69, 9.17) is 9.47 Å². The maximum atomic E-state index is 12.4. The number of ether oxygens (including phenoxy) is 2. The molecule has 1 unspecified atom stereocenters. The summed E-state index contributed by atoms with van der Waals surface area (Å²) in [6.45, 7) is 0. The lowest BCUT2D eigenvalue weighted by Crippen LogP contribution is -2.20. The Balaban J connectivity index is 1.81. The maximum absolute atomic E-state index is 12.4. The van der Waals surface area contributed by atoms with Crippen molar-refractivity contribution >= 4 is 12.3 Å². The monoisotopic (exact) mass is 388 g/mol. The van der Waals surface area contributed by atoms with Crippen LogP contribution in [0.1, 0.15) is 39.6 Å². The third-order valence-electron chi connectivity index (χ3n) is 4.74. The Bertz CT molecular complexity index is 936. The normalized spacial score (nSPS) is 11.5. The van der Waals surface area contributed by atoms with Crippen LogP contribution in [0.3, 0.4) is 0 Å². The molecule has 0 fully saturated rings. The Labute approximate surface area is 171 Å². The van der Waals surface area contributed by atoms with Crippen LogP contribution in [0.15, 0.2) is 78.9 Å². The number of aryl methyl sites for hydroxylation is 2. The summed E-state index contributed by atoms with van der Waals surface area (Å²) in [6, 6.07) is 24.8. The molecule has 0 amide bonds. The highest BCUT2D eigenvalue weighted by molar-refractivity contribution is 5.78. The van der Waals surface area contributed by atoms with Gasteiger partial charge in [-0.3, -0.25) is 4.79 Å². The molecule has 0 saturated heterocycles. The molecule has 0 aliphatic rings. The number of carbonyl (C=O) groups is 2. The molecule has 29 heavy (non-hydrogen) atoms. The second-order valence-corrected chi connectivity index (χ2v) is 6.76. The summed E-state index contributed by atoms with van der Waals surface area (Å²) >= 11 is 0. The Morgan fingerprint density at radius 1 is 0.931 bits per heavy atom. The van der Waals surface area contributed by atoms with Gasteiger partial charge in [0.05, 0.1) is 7.11 Å². The second-order valence-electron chi connectivity index (χ2n) is 6.76. The average Bonchev–Trinajstić information content (AvgIpc) is 2.79. The molecule has 0 radical (unpaired) electrons. The standard InChI is InChI=1S/C25H24O4/c1-28-25(27)24(22-12-6-3-7-13-22)29-23-17-20(18-26)15-16-21(23)14-8-11-19-9-4-2-5-10-19/h2-7,9-10,12-13,15-18,24H,8,11,14H2,1H3. The van der Waals surface area contributed by atoms with Crippen molar-refractivity contribution in [1.29, 1.82) is 0 Å². The summed E-state index contributed by atoms with van der Waals surface area (Å²) < 4.78 is 11.0. The number of hydrogen-bond donors (Lipinski definition) is 0. The number of benzene rings is 3. The van der Waals surface area contributed by atoms with E-state index in [9.17, 15) is 9.59 Å². The minimum Gasteiger partial charge on any atom is -0.474 e. The van der Waals surface area contributed by atoms with E-state index in [0.29, 0.717) is 16.9 Å². The van der Waals surface area contributed by atoms with Crippen LogP contribution in [0.2, 0.25) is 0 Å². The molecule has 0 N–H and O–H groups in total. The summed E-state index contributed by atoms with van der Waals surface area (Å²) in [6.07, 6.45) is 2.52. The first kappa shape index (κ1) is 20.3. The van der Waals surface area contributed by atoms with Gasteiger partial charge in [0.1, 0.15) is 12.0 Å². The molecule has 4 nitrogen and oxygen atoms in total. The van der Waals surface area contributed by atoms with Crippen molar-refractivity contribution in [2.75, 3.05) is 7.11 Å². The first-order chi connectivity index (χ1) is 14.2. The summed E-state index contributed by atoms with van der Waals surface area (Å²) in [5.74, 6) is 0.0462. The van der Waals surface area contributed by atoms with Gasteiger partial charge in [0.2, 0.25) is 6.10 Å². The molecular weight excluding hydrogens is 364 g/mol. The van der Waals surface area contributed by atoms with Crippen molar-refractivity contribution < 1.29 is 19.1 Å². The van der Waals surface area contributed by atoms with Crippen LogP contribution in [-0.4, -0.2) is 19.4 Å². The number of hydrogen-bond acceptors (Lipinski definition) is 4. The van der Waals surface area contributed by atoms with Crippen molar-refractivity contribution in [1.82, 2.24) is 0 Å². The zero-order chi connectivity index (χ0) is 20.5. The molecule has 4 heteroatoms. The zero-order valence-electron chi connectivity index (χ0n) is 16.4. The minimum absolute atomic E-state index is 0.483. The fourth-order valence-electron chi connectivity index (χ4n) is 3.20. The molecule has 0 aliphatic heterocycles. The minimum atomic E-state index is -0.893. The fourth-order valence-corrected chi connectivity index (χ4v) is 3.20. The third-order valence-corrected chi connectivity index (χ3v) is 4.74. The Morgan fingerprint density at radius 2 is 1.62 bits per heavy atom. The predicted octanol–water partition coefficient (Wildman–Crippen LogP) is 4.97. The first-order valence-corrected chi connectivity index (χ1v) is 9.62. The van der Waals surface area contributed by atoms with Crippen molar-refractivity contribution in [2.24, 2.45) is 0 Å². The number of carbonyl (C=O) groups excluding carboxylic acids is 2.